The first kappa shape index (κ1) is 13.1. The normalized spacial score (nSPS) is 9.95. The maximum absolute atomic E-state index is 11.9. The smallest absolute Gasteiger partial charge is 0.337 e. The van der Waals surface area contributed by atoms with Crippen LogP contribution in [0.3, 0.4) is 0 Å². The summed E-state index contributed by atoms with van der Waals surface area (Å²) in [5.41, 5.74) is 0.232. The van der Waals surface area contributed by atoms with Crippen molar-refractivity contribution < 1.29 is 19.4 Å². The number of rotatable bonds is 4. The molecule has 0 unspecified atom stereocenters. The van der Waals surface area contributed by atoms with Crippen LogP contribution in [0, 0.1) is 0 Å². The van der Waals surface area contributed by atoms with Crippen molar-refractivity contribution in [3.63, 3.8) is 0 Å². The van der Waals surface area contributed by atoms with Gasteiger partial charge in [0, 0.05) is 6.07 Å². The van der Waals surface area contributed by atoms with E-state index in [4.69, 9.17) is 9.84 Å². The number of hydrogen-bond donors (Lipinski definition) is 2. The zero-order valence-electron chi connectivity index (χ0n) is 10.0. The van der Waals surface area contributed by atoms with Crippen LogP contribution in [0.15, 0.2) is 35.7 Å². The molecule has 0 fully saturated rings. The second-order valence-corrected chi connectivity index (χ2v) is 4.60. The molecular weight excluding hydrogens is 266 g/mol. The molecule has 1 amide bonds. The van der Waals surface area contributed by atoms with Gasteiger partial charge in [-0.3, -0.25) is 4.79 Å². The van der Waals surface area contributed by atoms with Crippen LogP contribution in [0.1, 0.15) is 20.0 Å². The van der Waals surface area contributed by atoms with Crippen LogP contribution in [0.2, 0.25) is 0 Å². The van der Waals surface area contributed by atoms with Crippen molar-refractivity contribution in [3.8, 4) is 5.75 Å². The Labute approximate surface area is 113 Å². The standard InChI is InChI=1S/C13H11NO4S/c1-18-8-4-5-9(13(16)17)10(7-8)14-12(15)11-3-2-6-19-11/h2-7H,1H3,(H,14,15)(H,16,17). The quantitative estimate of drug-likeness (QED) is 0.901. The summed E-state index contributed by atoms with van der Waals surface area (Å²) in [6.45, 7) is 0. The Morgan fingerprint density at radius 2 is 2.11 bits per heavy atom. The average molecular weight is 277 g/mol. The number of methoxy groups -OCH3 is 1. The zero-order valence-corrected chi connectivity index (χ0v) is 10.9. The zero-order chi connectivity index (χ0) is 13.8. The molecule has 0 bridgehead atoms. The highest BCUT2D eigenvalue weighted by atomic mass is 32.1. The van der Waals surface area contributed by atoms with E-state index in [2.05, 4.69) is 5.32 Å². The molecule has 98 valence electrons. The molecule has 0 saturated heterocycles. The van der Waals surface area contributed by atoms with Gasteiger partial charge in [0.05, 0.1) is 23.2 Å². The lowest BCUT2D eigenvalue weighted by atomic mass is 10.1. The SMILES string of the molecule is COc1ccc(C(=O)O)c(NC(=O)c2cccs2)c1. The molecule has 1 heterocycles. The number of anilines is 1. The molecule has 2 N–H and O–H groups in total. The highest BCUT2D eigenvalue weighted by molar-refractivity contribution is 7.12. The van der Waals surface area contributed by atoms with Crippen LogP contribution in [0.4, 0.5) is 5.69 Å². The number of carbonyl (C=O) groups excluding carboxylic acids is 1. The molecule has 0 aliphatic carbocycles. The maximum Gasteiger partial charge on any atom is 0.337 e. The third-order valence-corrected chi connectivity index (χ3v) is 3.32. The first-order valence-electron chi connectivity index (χ1n) is 5.38. The van der Waals surface area contributed by atoms with Crippen molar-refractivity contribution in [1.82, 2.24) is 0 Å². The van der Waals surface area contributed by atoms with Crippen LogP contribution in [-0.2, 0) is 0 Å². The lowest BCUT2D eigenvalue weighted by Crippen LogP contribution is -2.13. The molecule has 5 nitrogen and oxygen atoms in total. The molecule has 19 heavy (non-hydrogen) atoms. The van der Waals surface area contributed by atoms with E-state index >= 15 is 0 Å². The summed E-state index contributed by atoms with van der Waals surface area (Å²) < 4.78 is 5.02. The van der Waals surface area contributed by atoms with Gasteiger partial charge in [0.1, 0.15) is 5.75 Å². The van der Waals surface area contributed by atoms with Gasteiger partial charge in [0.25, 0.3) is 5.91 Å². The molecule has 0 aliphatic rings. The van der Waals surface area contributed by atoms with Crippen molar-refractivity contribution in [2.24, 2.45) is 0 Å². The van der Waals surface area contributed by atoms with Crippen molar-refractivity contribution >= 4 is 28.9 Å². The number of nitrogens with one attached hydrogen (secondary N) is 1. The molecule has 0 aliphatic heterocycles. The van der Waals surface area contributed by atoms with Gasteiger partial charge in [-0.05, 0) is 23.6 Å². The minimum absolute atomic E-state index is 0.0192. The fourth-order valence-electron chi connectivity index (χ4n) is 1.53. The molecule has 1 aromatic heterocycles. The predicted molar refractivity (Wildman–Crippen MR) is 72.2 cm³/mol. The van der Waals surface area contributed by atoms with Crippen molar-refractivity contribution in [1.29, 1.82) is 0 Å². The molecule has 0 radical (unpaired) electrons. The van der Waals surface area contributed by atoms with Gasteiger partial charge in [-0.2, -0.15) is 0 Å². The minimum Gasteiger partial charge on any atom is -0.497 e. The van der Waals surface area contributed by atoms with Crippen LogP contribution in [0.25, 0.3) is 0 Å². The Balaban J connectivity index is 2.32. The van der Waals surface area contributed by atoms with E-state index < -0.39 is 5.97 Å². The number of carbonyl (C=O) groups is 2. The molecule has 0 spiro atoms. The number of ether oxygens (including phenoxy) is 1. The summed E-state index contributed by atoms with van der Waals surface area (Å²) in [7, 11) is 1.47. The third kappa shape index (κ3) is 2.92. The number of benzene rings is 1. The fourth-order valence-corrected chi connectivity index (χ4v) is 2.15. The van der Waals surface area contributed by atoms with Crippen molar-refractivity contribution in [2.45, 2.75) is 0 Å². The average Bonchev–Trinajstić information content (AvgIpc) is 2.92. The van der Waals surface area contributed by atoms with E-state index in [9.17, 15) is 9.59 Å². The lowest BCUT2D eigenvalue weighted by Gasteiger charge is -2.09. The van der Waals surface area contributed by atoms with Gasteiger partial charge in [0.15, 0.2) is 0 Å². The Morgan fingerprint density at radius 1 is 1.32 bits per heavy atom. The van der Waals surface area contributed by atoms with E-state index in [1.807, 2.05) is 0 Å². The summed E-state index contributed by atoms with van der Waals surface area (Å²) in [5.74, 6) is -0.971. The second kappa shape index (κ2) is 5.53. The second-order valence-electron chi connectivity index (χ2n) is 3.65. The van der Waals surface area contributed by atoms with Crippen LogP contribution < -0.4 is 10.1 Å². The van der Waals surface area contributed by atoms with Gasteiger partial charge < -0.3 is 15.2 Å². The number of carboxylic acids is 1. The summed E-state index contributed by atoms with van der Waals surface area (Å²) in [6.07, 6.45) is 0. The Bertz CT molecular complexity index is 607. The Hall–Kier alpha value is -2.34. The third-order valence-electron chi connectivity index (χ3n) is 2.45. The molecular formula is C13H11NO4S. The summed E-state index contributed by atoms with van der Waals surface area (Å²) in [5, 5.41) is 13.4. The van der Waals surface area contributed by atoms with E-state index in [-0.39, 0.29) is 17.2 Å². The van der Waals surface area contributed by atoms with Crippen molar-refractivity contribution in [2.75, 3.05) is 12.4 Å². The summed E-state index contributed by atoms with van der Waals surface area (Å²) >= 11 is 1.28. The van der Waals surface area contributed by atoms with Gasteiger partial charge in [0.2, 0.25) is 0 Å². The van der Waals surface area contributed by atoms with Crippen LogP contribution in [-0.4, -0.2) is 24.1 Å². The predicted octanol–water partition coefficient (Wildman–Crippen LogP) is 2.71. The van der Waals surface area contributed by atoms with E-state index in [0.717, 1.165) is 0 Å². The van der Waals surface area contributed by atoms with Crippen LogP contribution in [0.5, 0.6) is 5.75 Å². The number of aromatic carboxylic acids is 1. The molecule has 2 aromatic rings. The fraction of sp³-hybridized carbons (Fsp3) is 0.0769. The van der Waals surface area contributed by atoms with Gasteiger partial charge in [-0.15, -0.1) is 11.3 Å². The monoisotopic (exact) mass is 277 g/mol. The molecule has 6 heteroatoms. The summed E-state index contributed by atoms with van der Waals surface area (Å²) in [4.78, 5) is 23.5. The highest BCUT2D eigenvalue weighted by Gasteiger charge is 2.15. The summed E-state index contributed by atoms with van der Waals surface area (Å²) in [6, 6.07) is 7.83. The van der Waals surface area contributed by atoms with Crippen molar-refractivity contribution in [3.05, 3.63) is 46.2 Å². The van der Waals surface area contributed by atoms with E-state index in [1.54, 1.807) is 17.5 Å². The first-order chi connectivity index (χ1) is 9.11. The van der Waals surface area contributed by atoms with Gasteiger partial charge in [-0.1, -0.05) is 6.07 Å². The molecule has 0 atom stereocenters. The Kier molecular flexibility index (Phi) is 3.82. The van der Waals surface area contributed by atoms with Gasteiger partial charge in [-0.25, -0.2) is 4.79 Å². The number of carboxylic acid groups (broad SMARTS) is 1. The number of hydrogen-bond acceptors (Lipinski definition) is 4. The van der Waals surface area contributed by atoms with E-state index in [0.29, 0.717) is 10.6 Å². The first-order valence-corrected chi connectivity index (χ1v) is 6.26. The number of thiophene rings is 1. The molecule has 0 saturated carbocycles. The molecule has 2 rings (SSSR count). The maximum atomic E-state index is 11.9. The molecule has 1 aromatic carbocycles. The topological polar surface area (TPSA) is 75.6 Å². The lowest BCUT2D eigenvalue weighted by molar-refractivity contribution is 0.0698. The number of amides is 1. The Morgan fingerprint density at radius 3 is 2.68 bits per heavy atom. The van der Waals surface area contributed by atoms with E-state index in [1.165, 1.54) is 36.6 Å². The van der Waals surface area contributed by atoms with Crippen LogP contribution >= 0.6 is 11.3 Å². The minimum atomic E-state index is -1.11. The highest BCUT2D eigenvalue weighted by Crippen LogP contribution is 2.23. The largest absolute Gasteiger partial charge is 0.497 e. The van der Waals surface area contributed by atoms with Gasteiger partial charge >= 0.3 is 5.97 Å².